The van der Waals surface area contributed by atoms with Crippen LogP contribution in [0.15, 0.2) is 9.98 Å². The minimum atomic E-state index is -0.275. The van der Waals surface area contributed by atoms with Gasteiger partial charge in [0.2, 0.25) is 0 Å². The number of hydrogen-bond acceptors (Lipinski definition) is 4. The zero-order chi connectivity index (χ0) is 8.55. The lowest BCUT2D eigenvalue weighted by Crippen LogP contribution is -2.15. The number of aromatic nitrogens is 1. The summed E-state index contributed by atoms with van der Waals surface area (Å²) in [5, 5.41) is 15.6. The fourth-order valence-corrected chi connectivity index (χ4v) is 2.78. The van der Waals surface area contributed by atoms with Crippen LogP contribution in [0.5, 0.6) is 0 Å². The van der Waals surface area contributed by atoms with E-state index in [9.17, 15) is 5.11 Å². The van der Waals surface area contributed by atoms with Crippen LogP contribution in [0.1, 0.15) is 10.9 Å². The Kier molecular flexibility index (Phi) is 2.45. The molecule has 1 aromatic heterocycles. The normalized spacial score (nSPS) is 29.5. The number of rotatable bonds is 1. The second kappa shape index (κ2) is 3.41. The Balaban J connectivity index is 2.19. The maximum atomic E-state index is 9.54. The molecule has 5 heteroatoms. The Morgan fingerprint density at radius 3 is 3.00 bits per heavy atom. The van der Waals surface area contributed by atoms with E-state index in [0.29, 0.717) is 6.54 Å². The molecule has 1 aliphatic rings. The van der Waals surface area contributed by atoms with Crippen LogP contribution >= 0.6 is 27.3 Å². The van der Waals surface area contributed by atoms with E-state index < -0.39 is 0 Å². The van der Waals surface area contributed by atoms with Crippen molar-refractivity contribution in [3.8, 4) is 0 Å². The Hall–Kier alpha value is 0.0300. The molecule has 0 saturated carbocycles. The van der Waals surface area contributed by atoms with Crippen molar-refractivity contribution in [3.63, 3.8) is 0 Å². The van der Waals surface area contributed by atoms with Gasteiger partial charge >= 0.3 is 0 Å². The molecule has 1 saturated heterocycles. The third kappa shape index (κ3) is 1.54. The second-order valence-corrected chi connectivity index (χ2v) is 4.54. The molecule has 2 heterocycles. The lowest BCUT2D eigenvalue weighted by atomic mass is 10.1. The molecule has 1 fully saturated rings. The molecule has 2 rings (SSSR count). The first-order valence-electron chi connectivity index (χ1n) is 3.77. The summed E-state index contributed by atoms with van der Waals surface area (Å²) < 4.78 is 0.863. The maximum absolute atomic E-state index is 9.54. The number of nitrogens with one attached hydrogen (secondary N) is 1. The summed E-state index contributed by atoms with van der Waals surface area (Å²) >= 11 is 4.89. The third-order valence-corrected chi connectivity index (χ3v) is 3.68. The van der Waals surface area contributed by atoms with E-state index in [-0.39, 0.29) is 12.0 Å². The quantitative estimate of drug-likeness (QED) is 0.779. The maximum Gasteiger partial charge on any atom is 0.117 e. The van der Waals surface area contributed by atoms with E-state index in [1.54, 1.807) is 11.3 Å². The molecule has 0 bridgehead atoms. The molecule has 0 unspecified atom stereocenters. The van der Waals surface area contributed by atoms with Crippen LogP contribution < -0.4 is 5.32 Å². The molecular weight excluding hydrogens is 240 g/mol. The monoisotopic (exact) mass is 248 g/mol. The summed E-state index contributed by atoms with van der Waals surface area (Å²) in [6, 6.07) is 0. The second-order valence-electron chi connectivity index (χ2n) is 2.84. The highest BCUT2D eigenvalue weighted by atomic mass is 79.9. The Labute approximate surface area is 83.0 Å². The van der Waals surface area contributed by atoms with Crippen LogP contribution in [-0.4, -0.2) is 29.3 Å². The lowest BCUT2D eigenvalue weighted by Gasteiger charge is -2.08. The molecule has 2 N–H and O–H groups in total. The topological polar surface area (TPSA) is 45.1 Å². The van der Waals surface area contributed by atoms with Crippen LogP contribution in [0, 0.1) is 0 Å². The molecule has 2 atom stereocenters. The SMILES string of the molecule is O[C@@H]1CNC[C@H]1c1nc(Br)cs1. The first-order valence-corrected chi connectivity index (χ1v) is 5.44. The number of hydrogen-bond donors (Lipinski definition) is 2. The van der Waals surface area contributed by atoms with Crippen LogP contribution in [0.25, 0.3) is 0 Å². The van der Waals surface area contributed by atoms with E-state index in [1.807, 2.05) is 5.38 Å². The van der Waals surface area contributed by atoms with Gasteiger partial charge in [0.25, 0.3) is 0 Å². The number of thiazole rings is 1. The van der Waals surface area contributed by atoms with E-state index in [4.69, 9.17) is 0 Å². The van der Waals surface area contributed by atoms with Crippen molar-refractivity contribution in [1.82, 2.24) is 10.3 Å². The standard InChI is InChI=1S/C7H9BrN2OS/c8-6-3-12-7(10-6)4-1-9-2-5(4)11/h3-5,9,11H,1-2H2/t4-,5-/m1/s1. The minimum absolute atomic E-state index is 0.182. The fourth-order valence-electron chi connectivity index (χ4n) is 1.35. The fraction of sp³-hybridized carbons (Fsp3) is 0.571. The average Bonchev–Trinajstić information content (AvgIpc) is 2.58. The zero-order valence-corrected chi connectivity index (χ0v) is 8.73. The number of nitrogens with zero attached hydrogens (tertiary/aromatic N) is 1. The van der Waals surface area contributed by atoms with Crippen LogP contribution in [0.2, 0.25) is 0 Å². The summed E-state index contributed by atoms with van der Waals surface area (Å²) in [4.78, 5) is 4.28. The van der Waals surface area contributed by atoms with Gasteiger partial charge in [0.15, 0.2) is 0 Å². The van der Waals surface area contributed by atoms with Crippen molar-refractivity contribution in [2.45, 2.75) is 12.0 Å². The van der Waals surface area contributed by atoms with Gasteiger partial charge in [-0.05, 0) is 15.9 Å². The molecule has 0 aliphatic carbocycles. The van der Waals surface area contributed by atoms with Crippen molar-refractivity contribution in [1.29, 1.82) is 0 Å². The van der Waals surface area contributed by atoms with E-state index in [1.165, 1.54) is 0 Å². The molecule has 0 aromatic carbocycles. The highest BCUT2D eigenvalue weighted by molar-refractivity contribution is 9.10. The van der Waals surface area contributed by atoms with Gasteiger partial charge in [0.05, 0.1) is 12.0 Å². The smallest absolute Gasteiger partial charge is 0.117 e. The first kappa shape index (κ1) is 8.62. The third-order valence-electron chi connectivity index (χ3n) is 1.99. The molecule has 66 valence electrons. The van der Waals surface area contributed by atoms with Gasteiger partial charge in [-0.25, -0.2) is 4.98 Å². The molecule has 0 spiro atoms. The summed E-state index contributed by atoms with van der Waals surface area (Å²) in [6.07, 6.45) is -0.275. The van der Waals surface area contributed by atoms with Crippen molar-refractivity contribution in [2.75, 3.05) is 13.1 Å². The van der Waals surface area contributed by atoms with Crippen molar-refractivity contribution >= 4 is 27.3 Å². The number of aliphatic hydroxyl groups excluding tert-OH is 1. The van der Waals surface area contributed by atoms with Crippen LogP contribution in [0.4, 0.5) is 0 Å². The highest BCUT2D eigenvalue weighted by Crippen LogP contribution is 2.27. The summed E-state index contributed by atoms with van der Waals surface area (Å²) in [6.45, 7) is 1.52. The number of halogens is 1. The number of aliphatic hydroxyl groups is 1. The Morgan fingerprint density at radius 2 is 2.50 bits per heavy atom. The van der Waals surface area contributed by atoms with Crippen molar-refractivity contribution in [3.05, 3.63) is 15.0 Å². The predicted octanol–water partition coefficient (Wildman–Crippen LogP) is 0.953. The van der Waals surface area contributed by atoms with E-state index in [2.05, 4.69) is 26.2 Å². The molecule has 1 aliphatic heterocycles. The van der Waals surface area contributed by atoms with Gasteiger partial charge in [-0.1, -0.05) is 0 Å². The lowest BCUT2D eigenvalue weighted by molar-refractivity contribution is 0.177. The molecule has 3 nitrogen and oxygen atoms in total. The van der Waals surface area contributed by atoms with Crippen LogP contribution in [0.3, 0.4) is 0 Å². The zero-order valence-electron chi connectivity index (χ0n) is 6.33. The summed E-state index contributed by atoms with van der Waals surface area (Å²) in [5.41, 5.74) is 0. The number of β-amino-alcohol motifs (C(OH)–C–C–N with tert-alkyl or cyclic N) is 1. The minimum Gasteiger partial charge on any atom is -0.391 e. The van der Waals surface area contributed by atoms with Gasteiger partial charge < -0.3 is 10.4 Å². The molecular formula is C7H9BrN2OS. The molecule has 0 radical (unpaired) electrons. The van der Waals surface area contributed by atoms with E-state index >= 15 is 0 Å². The molecule has 1 aromatic rings. The Morgan fingerprint density at radius 1 is 1.67 bits per heavy atom. The summed E-state index contributed by atoms with van der Waals surface area (Å²) in [5.74, 6) is 0.182. The molecule has 12 heavy (non-hydrogen) atoms. The van der Waals surface area contributed by atoms with Gasteiger partial charge in [-0.15, -0.1) is 11.3 Å². The highest BCUT2D eigenvalue weighted by Gasteiger charge is 2.28. The first-order chi connectivity index (χ1) is 5.77. The Bertz CT molecular complexity index is 278. The van der Waals surface area contributed by atoms with Crippen LogP contribution in [-0.2, 0) is 0 Å². The summed E-state index contributed by atoms with van der Waals surface area (Å²) in [7, 11) is 0. The van der Waals surface area contributed by atoms with Crippen molar-refractivity contribution < 1.29 is 5.11 Å². The van der Waals surface area contributed by atoms with Crippen molar-refractivity contribution in [2.24, 2.45) is 0 Å². The predicted molar refractivity (Wildman–Crippen MR) is 51.4 cm³/mol. The van der Waals surface area contributed by atoms with Gasteiger partial charge in [0.1, 0.15) is 9.61 Å². The van der Waals surface area contributed by atoms with Gasteiger partial charge in [-0.2, -0.15) is 0 Å². The largest absolute Gasteiger partial charge is 0.391 e. The van der Waals surface area contributed by atoms with Gasteiger partial charge in [-0.3, -0.25) is 0 Å². The molecule has 0 amide bonds. The average molecular weight is 249 g/mol. The van der Waals surface area contributed by atoms with Gasteiger partial charge in [0, 0.05) is 18.5 Å². The van der Waals surface area contributed by atoms with E-state index in [0.717, 1.165) is 16.2 Å².